The van der Waals surface area contributed by atoms with Crippen molar-refractivity contribution in [3.05, 3.63) is 66.0 Å². The lowest BCUT2D eigenvalue weighted by Crippen LogP contribution is -2.39. The molecule has 2 aromatic heterocycles. The number of aromatic nitrogens is 3. The Kier molecular flexibility index (Phi) is 4.17. The lowest BCUT2D eigenvalue weighted by atomic mass is 9.98. The van der Waals surface area contributed by atoms with Crippen molar-refractivity contribution < 1.29 is 9.18 Å². The van der Waals surface area contributed by atoms with Crippen LogP contribution in [0.3, 0.4) is 0 Å². The number of halogens is 1. The minimum absolute atomic E-state index is 0.0142. The molecule has 0 bridgehead atoms. The highest BCUT2D eigenvalue weighted by molar-refractivity contribution is 5.79. The second-order valence-corrected chi connectivity index (χ2v) is 6.39. The fourth-order valence-electron chi connectivity index (χ4n) is 3.46. The van der Waals surface area contributed by atoms with Crippen molar-refractivity contribution in [3.8, 4) is 0 Å². The minimum Gasteiger partial charge on any atom is -0.334 e. The first-order valence-electron chi connectivity index (χ1n) is 8.54. The highest BCUT2D eigenvalue weighted by Crippen LogP contribution is 2.30. The second kappa shape index (κ2) is 6.63. The number of likely N-dealkylation sites (tertiary alicyclic amines) is 1. The number of imidazole rings is 1. The summed E-state index contributed by atoms with van der Waals surface area (Å²) in [6.45, 7) is 0.708. The maximum atomic E-state index is 13.4. The molecule has 1 fully saturated rings. The van der Waals surface area contributed by atoms with E-state index in [-0.39, 0.29) is 24.2 Å². The van der Waals surface area contributed by atoms with E-state index in [1.165, 1.54) is 12.1 Å². The topological polar surface area (TPSA) is 50.5 Å². The third kappa shape index (κ3) is 3.24. The van der Waals surface area contributed by atoms with Gasteiger partial charge in [-0.1, -0.05) is 12.1 Å². The van der Waals surface area contributed by atoms with Crippen LogP contribution in [0, 0.1) is 5.82 Å². The number of nitrogens with zero attached hydrogens (tertiary/aromatic N) is 4. The number of carbonyl (C=O) groups excluding carboxylic acids is 1. The van der Waals surface area contributed by atoms with Gasteiger partial charge in [-0.2, -0.15) is 0 Å². The van der Waals surface area contributed by atoms with Crippen LogP contribution in [0.2, 0.25) is 0 Å². The Morgan fingerprint density at radius 2 is 2.16 bits per heavy atom. The van der Waals surface area contributed by atoms with Gasteiger partial charge in [0, 0.05) is 25.1 Å². The number of benzene rings is 1. The van der Waals surface area contributed by atoms with E-state index >= 15 is 0 Å². The minimum atomic E-state index is -0.313. The van der Waals surface area contributed by atoms with Gasteiger partial charge in [0.15, 0.2) is 0 Å². The normalized spacial score (nSPS) is 17.8. The summed E-state index contributed by atoms with van der Waals surface area (Å²) < 4.78 is 15.2. The first-order valence-corrected chi connectivity index (χ1v) is 8.54. The zero-order valence-corrected chi connectivity index (χ0v) is 13.8. The van der Waals surface area contributed by atoms with Crippen molar-refractivity contribution in [2.45, 2.75) is 31.7 Å². The number of carbonyl (C=O) groups is 1. The van der Waals surface area contributed by atoms with Crippen LogP contribution in [0.4, 0.5) is 4.39 Å². The summed E-state index contributed by atoms with van der Waals surface area (Å²) in [4.78, 5) is 23.6. The van der Waals surface area contributed by atoms with Crippen LogP contribution < -0.4 is 0 Å². The molecule has 1 aliphatic rings. The third-order valence-corrected chi connectivity index (χ3v) is 4.69. The van der Waals surface area contributed by atoms with E-state index in [1.54, 1.807) is 18.3 Å². The van der Waals surface area contributed by atoms with Crippen LogP contribution in [0.5, 0.6) is 0 Å². The number of fused-ring (bicyclic) bond motifs is 1. The number of hydrogen-bond acceptors (Lipinski definition) is 3. The van der Waals surface area contributed by atoms with Crippen molar-refractivity contribution in [3.63, 3.8) is 0 Å². The first kappa shape index (κ1) is 15.7. The molecule has 3 aromatic rings. The Morgan fingerprint density at radius 1 is 1.24 bits per heavy atom. The van der Waals surface area contributed by atoms with Crippen LogP contribution in [0.15, 0.2) is 48.9 Å². The molecule has 1 aliphatic heterocycles. The fraction of sp³-hybridized carbons (Fsp3) is 0.316. The maximum Gasteiger partial charge on any atom is 0.233 e. The molecule has 0 aliphatic carbocycles. The fourth-order valence-corrected chi connectivity index (χ4v) is 3.46. The third-order valence-electron chi connectivity index (χ3n) is 4.69. The zero-order chi connectivity index (χ0) is 17.2. The van der Waals surface area contributed by atoms with E-state index in [2.05, 4.69) is 9.97 Å². The van der Waals surface area contributed by atoms with Crippen LogP contribution >= 0.6 is 0 Å². The molecule has 0 spiro atoms. The highest BCUT2D eigenvalue weighted by Gasteiger charge is 2.29. The van der Waals surface area contributed by atoms with Gasteiger partial charge in [-0.15, -0.1) is 0 Å². The van der Waals surface area contributed by atoms with Crippen molar-refractivity contribution in [2.24, 2.45) is 0 Å². The molecule has 0 radical (unpaired) electrons. The number of amides is 1. The van der Waals surface area contributed by atoms with Crippen molar-refractivity contribution >= 4 is 11.7 Å². The average molecular weight is 338 g/mol. The zero-order valence-electron chi connectivity index (χ0n) is 13.8. The van der Waals surface area contributed by atoms with Gasteiger partial charge < -0.3 is 4.90 Å². The predicted octanol–water partition coefficient (Wildman–Crippen LogP) is 3.16. The molecule has 1 aromatic carbocycles. The smallest absolute Gasteiger partial charge is 0.233 e. The molecular formula is C19H19FN4O. The Balaban J connectivity index is 1.58. The Bertz CT molecular complexity index is 907. The van der Waals surface area contributed by atoms with E-state index in [0.717, 1.165) is 25.0 Å². The van der Waals surface area contributed by atoms with Crippen molar-refractivity contribution in [2.75, 3.05) is 6.54 Å². The van der Waals surface area contributed by atoms with Crippen LogP contribution in [-0.2, 0) is 11.2 Å². The summed E-state index contributed by atoms with van der Waals surface area (Å²) in [5.74, 6) is 0.341. The molecule has 1 atom stereocenters. The first-order chi connectivity index (χ1) is 12.2. The molecule has 1 saturated heterocycles. The van der Waals surface area contributed by atoms with Gasteiger partial charge >= 0.3 is 0 Å². The van der Waals surface area contributed by atoms with Gasteiger partial charge in [0.05, 0.1) is 18.2 Å². The molecule has 0 saturated carbocycles. The summed E-state index contributed by atoms with van der Waals surface area (Å²) in [6, 6.07) is 8.14. The van der Waals surface area contributed by atoms with E-state index in [0.29, 0.717) is 17.9 Å². The number of hydrogen-bond donors (Lipinski definition) is 0. The molecule has 0 unspecified atom stereocenters. The van der Waals surface area contributed by atoms with Gasteiger partial charge in [0.2, 0.25) is 11.7 Å². The van der Waals surface area contributed by atoms with Gasteiger partial charge in [-0.05, 0) is 43.0 Å². The van der Waals surface area contributed by atoms with Crippen LogP contribution in [0.25, 0.3) is 5.78 Å². The predicted molar refractivity (Wildman–Crippen MR) is 91.4 cm³/mol. The van der Waals surface area contributed by atoms with Crippen molar-refractivity contribution in [1.82, 2.24) is 19.3 Å². The number of rotatable bonds is 3. The molecule has 128 valence electrons. The summed E-state index contributed by atoms with van der Waals surface area (Å²) in [6.07, 6.45) is 8.62. The average Bonchev–Trinajstić information content (AvgIpc) is 3.09. The Labute approximate surface area is 145 Å². The lowest BCUT2D eigenvalue weighted by Gasteiger charge is -2.35. The summed E-state index contributed by atoms with van der Waals surface area (Å²) in [7, 11) is 0. The largest absolute Gasteiger partial charge is 0.334 e. The second-order valence-electron chi connectivity index (χ2n) is 6.39. The molecule has 25 heavy (non-hydrogen) atoms. The van der Waals surface area contributed by atoms with E-state index in [4.69, 9.17) is 0 Å². The lowest BCUT2D eigenvalue weighted by molar-refractivity contribution is -0.134. The molecule has 5 nitrogen and oxygen atoms in total. The monoisotopic (exact) mass is 338 g/mol. The molecule has 4 rings (SSSR count). The molecule has 6 heteroatoms. The quantitative estimate of drug-likeness (QED) is 0.737. The Morgan fingerprint density at radius 3 is 3.04 bits per heavy atom. The van der Waals surface area contributed by atoms with Gasteiger partial charge in [-0.3, -0.25) is 9.20 Å². The van der Waals surface area contributed by atoms with E-state index in [9.17, 15) is 9.18 Å². The standard InChI is InChI=1S/C19H19FN4O/c20-15-5-3-4-14(12-15)13-18(25)24-9-2-1-6-17(24)16-7-10-23-11-8-21-19(23)22-16/h3-5,7-8,10-12,17H,1-2,6,9,13H2/t17-/m1/s1. The van der Waals surface area contributed by atoms with Crippen LogP contribution in [-0.4, -0.2) is 31.7 Å². The molecule has 1 amide bonds. The highest BCUT2D eigenvalue weighted by atomic mass is 19.1. The SMILES string of the molecule is O=C(Cc1cccc(F)c1)N1CCCC[C@@H]1c1ccn2ccnc2n1. The van der Waals surface area contributed by atoms with E-state index < -0.39 is 0 Å². The van der Waals surface area contributed by atoms with E-state index in [1.807, 2.05) is 27.8 Å². The maximum absolute atomic E-state index is 13.4. The van der Waals surface area contributed by atoms with Gasteiger partial charge in [0.1, 0.15) is 5.82 Å². The van der Waals surface area contributed by atoms with Gasteiger partial charge in [0.25, 0.3) is 0 Å². The van der Waals surface area contributed by atoms with Crippen molar-refractivity contribution in [1.29, 1.82) is 0 Å². The summed E-state index contributed by atoms with van der Waals surface area (Å²) in [5, 5.41) is 0. The summed E-state index contributed by atoms with van der Waals surface area (Å²) >= 11 is 0. The summed E-state index contributed by atoms with van der Waals surface area (Å²) in [5.41, 5.74) is 1.57. The molecular weight excluding hydrogens is 319 g/mol. The van der Waals surface area contributed by atoms with Gasteiger partial charge in [-0.25, -0.2) is 14.4 Å². The number of piperidine rings is 1. The Hall–Kier alpha value is -2.76. The molecule has 0 N–H and O–H groups in total. The van der Waals surface area contributed by atoms with Crippen LogP contribution in [0.1, 0.15) is 36.6 Å². The molecule has 3 heterocycles.